The number of amides is 2. The zero-order valence-electron chi connectivity index (χ0n) is 14.0. The van der Waals surface area contributed by atoms with Crippen LogP contribution in [0.4, 0.5) is 20.2 Å². The maximum atomic E-state index is 13.7. The van der Waals surface area contributed by atoms with E-state index in [0.29, 0.717) is 6.07 Å². The molecule has 130 valence electrons. The number of carbonyl (C=O) groups is 2. The number of rotatable bonds is 3. The van der Waals surface area contributed by atoms with Gasteiger partial charge in [0, 0.05) is 24.7 Å². The molecule has 25 heavy (non-hydrogen) atoms. The minimum absolute atomic E-state index is 0.0576. The maximum absolute atomic E-state index is 13.7. The van der Waals surface area contributed by atoms with Gasteiger partial charge in [0.2, 0.25) is 11.8 Å². The summed E-state index contributed by atoms with van der Waals surface area (Å²) in [5.41, 5.74) is 2.66. The highest BCUT2D eigenvalue weighted by Crippen LogP contribution is 2.29. The molecule has 1 N–H and O–H groups in total. The van der Waals surface area contributed by atoms with E-state index in [1.807, 2.05) is 32.0 Å². The zero-order valence-corrected chi connectivity index (χ0v) is 14.0. The minimum atomic E-state index is -0.843. The summed E-state index contributed by atoms with van der Waals surface area (Å²) in [7, 11) is 0. The van der Waals surface area contributed by atoms with Gasteiger partial charge in [-0.15, -0.1) is 0 Å². The van der Waals surface area contributed by atoms with Crippen LogP contribution in [0.3, 0.4) is 0 Å². The molecule has 0 radical (unpaired) electrons. The Hall–Kier alpha value is -2.76. The van der Waals surface area contributed by atoms with E-state index in [1.165, 1.54) is 6.07 Å². The van der Waals surface area contributed by atoms with Gasteiger partial charge >= 0.3 is 0 Å². The molecule has 0 saturated carbocycles. The van der Waals surface area contributed by atoms with Crippen LogP contribution in [0, 0.1) is 31.4 Å². The van der Waals surface area contributed by atoms with Crippen LogP contribution in [-0.2, 0) is 9.59 Å². The first-order valence-electron chi connectivity index (χ1n) is 7.98. The van der Waals surface area contributed by atoms with E-state index in [1.54, 1.807) is 4.90 Å². The third-order valence-electron chi connectivity index (χ3n) is 4.34. The number of aryl methyl sites for hydroxylation is 2. The van der Waals surface area contributed by atoms with Crippen LogP contribution in [0.5, 0.6) is 0 Å². The van der Waals surface area contributed by atoms with Crippen molar-refractivity contribution in [3.05, 3.63) is 59.2 Å². The second-order valence-electron chi connectivity index (χ2n) is 6.31. The van der Waals surface area contributed by atoms with E-state index in [9.17, 15) is 18.4 Å². The summed E-state index contributed by atoms with van der Waals surface area (Å²) < 4.78 is 26.6. The van der Waals surface area contributed by atoms with Gasteiger partial charge in [-0.05, 0) is 43.2 Å². The van der Waals surface area contributed by atoms with Crippen molar-refractivity contribution in [3.63, 3.8) is 0 Å². The lowest BCUT2D eigenvalue weighted by Crippen LogP contribution is -2.28. The van der Waals surface area contributed by atoms with E-state index < -0.39 is 23.5 Å². The molecule has 1 fully saturated rings. The van der Waals surface area contributed by atoms with Crippen molar-refractivity contribution < 1.29 is 18.4 Å². The Labute approximate surface area is 144 Å². The normalized spacial score (nSPS) is 17.0. The Bertz CT molecular complexity index is 851. The molecule has 0 spiro atoms. The number of hydrogen-bond donors (Lipinski definition) is 1. The van der Waals surface area contributed by atoms with Gasteiger partial charge in [0.15, 0.2) is 0 Å². The van der Waals surface area contributed by atoms with Gasteiger partial charge < -0.3 is 10.2 Å². The van der Waals surface area contributed by atoms with Crippen molar-refractivity contribution in [1.82, 2.24) is 0 Å². The first-order chi connectivity index (χ1) is 11.8. The molecule has 0 aromatic heterocycles. The summed E-state index contributed by atoms with van der Waals surface area (Å²) in [6.07, 6.45) is 0.0576. The molecule has 1 heterocycles. The van der Waals surface area contributed by atoms with Crippen molar-refractivity contribution in [2.75, 3.05) is 16.8 Å². The van der Waals surface area contributed by atoms with Gasteiger partial charge in [-0.1, -0.05) is 12.1 Å². The molecular weight excluding hydrogens is 326 g/mol. The summed E-state index contributed by atoms with van der Waals surface area (Å²) in [5.74, 6) is -2.74. The highest BCUT2D eigenvalue weighted by molar-refractivity contribution is 6.03. The van der Waals surface area contributed by atoms with Gasteiger partial charge in [-0.2, -0.15) is 0 Å². The molecular formula is C19H18F2N2O2. The highest BCUT2D eigenvalue weighted by Gasteiger charge is 2.36. The van der Waals surface area contributed by atoms with Crippen LogP contribution >= 0.6 is 0 Å². The van der Waals surface area contributed by atoms with E-state index in [4.69, 9.17) is 0 Å². The molecule has 1 aliphatic heterocycles. The second-order valence-corrected chi connectivity index (χ2v) is 6.31. The molecule has 1 aliphatic rings. The van der Waals surface area contributed by atoms with E-state index in [0.717, 1.165) is 22.9 Å². The lowest BCUT2D eigenvalue weighted by molar-refractivity contribution is -0.122. The van der Waals surface area contributed by atoms with Crippen LogP contribution in [0.15, 0.2) is 36.4 Å². The fourth-order valence-corrected chi connectivity index (χ4v) is 2.95. The van der Waals surface area contributed by atoms with Crippen molar-refractivity contribution >= 4 is 23.2 Å². The van der Waals surface area contributed by atoms with Gasteiger partial charge in [0.1, 0.15) is 11.6 Å². The number of anilines is 2. The summed E-state index contributed by atoms with van der Waals surface area (Å²) in [6.45, 7) is 4.08. The van der Waals surface area contributed by atoms with Crippen molar-refractivity contribution in [2.24, 2.45) is 5.92 Å². The molecule has 0 bridgehead atoms. The van der Waals surface area contributed by atoms with E-state index in [2.05, 4.69) is 5.32 Å². The van der Waals surface area contributed by atoms with Crippen LogP contribution in [-0.4, -0.2) is 18.4 Å². The molecule has 1 saturated heterocycles. The van der Waals surface area contributed by atoms with Gasteiger partial charge in [0.05, 0.1) is 11.6 Å². The number of nitrogens with zero attached hydrogens (tertiary/aromatic N) is 1. The van der Waals surface area contributed by atoms with Gasteiger partial charge in [0.25, 0.3) is 0 Å². The average Bonchev–Trinajstić information content (AvgIpc) is 2.94. The van der Waals surface area contributed by atoms with E-state index >= 15 is 0 Å². The van der Waals surface area contributed by atoms with Crippen LogP contribution in [0.2, 0.25) is 0 Å². The van der Waals surface area contributed by atoms with Crippen molar-refractivity contribution in [1.29, 1.82) is 0 Å². The highest BCUT2D eigenvalue weighted by atomic mass is 19.1. The summed E-state index contributed by atoms with van der Waals surface area (Å²) in [4.78, 5) is 26.3. The monoisotopic (exact) mass is 344 g/mol. The smallest absolute Gasteiger partial charge is 0.229 e. The number of benzene rings is 2. The molecule has 3 rings (SSSR count). The molecule has 4 nitrogen and oxygen atoms in total. The SMILES string of the molecule is Cc1ccc(C)c(N2CC(C(=O)Nc3ccc(F)cc3F)CC2=O)c1. The molecule has 0 aliphatic carbocycles. The molecule has 2 amide bonds. The lowest BCUT2D eigenvalue weighted by atomic mass is 10.1. The first kappa shape index (κ1) is 17.1. The van der Waals surface area contributed by atoms with Crippen molar-refractivity contribution in [2.45, 2.75) is 20.3 Å². The van der Waals surface area contributed by atoms with E-state index in [-0.39, 0.29) is 24.6 Å². The van der Waals surface area contributed by atoms with Crippen LogP contribution < -0.4 is 10.2 Å². The predicted octanol–water partition coefficient (Wildman–Crippen LogP) is 3.57. The fraction of sp³-hybridized carbons (Fsp3) is 0.263. The standard InChI is InChI=1S/C19H18F2N2O2/c1-11-3-4-12(2)17(7-11)23-10-13(8-18(23)24)19(25)22-16-6-5-14(20)9-15(16)21/h3-7,9,13H,8,10H2,1-2H3,(H,22,25). The Morgan fingerprint density at radius 1 is 1.16 bits per heavy atom. The molecule has 1 atom stereocenters. The first-order valence-corrected chi connectivity index (χ1v) is 7.98. The topological polar surface area (TPSA) is 49.4 Å². The quantitative estimate of drug-likeness (QED) is 0.925. The minimum Gasteiger partial charge on any atom is -0.323 e. The third kappa shape index (κ3) is 3.52. The van der Waals surface area contributed by atoms with Crippen molar-refractivity contribution in [3.8, 4) is 0 Å². The average molecular weight is 344 g/mol. The zero-order chi connectivity index (χ0) is 18.1. The second kappa shape index (κ2) is 6.63. The number of halogens is 2. The molecule has 2 aromatic rings. The van der Waals surface area contributed by atoms with Gasteiger partial charge in [-0.3, -0.25) is 9.59 Å². The van der Waals surface area contributed by atoms with Crippen LogP contribution in [0.1, 0.15) is 17.5 Å². The number of nitrogens with one attached hydrogen (secondary N) is 1. The lowest BCUT2D eigenvalue weighted by Gasteiger charge is -2.19. The Kier molecular flexibility index (Phi) is 4.53. The molecule has 1 unspecified atom stereocenters. The number of carbonyl (C=O) groups excluding carboxylic acids is 2. The fourth-order valence-electron chi connectivity index (χ4n) is 2.95. The Morgan fingerprint density at radius 3 is 2.64 bits per heavy atom. The summed E-state index contributed by atoms with van der Waals surface area (Å²) in [6, 6.07) is 8.74. The maximum Gasteiger partial charge on any atom is 0.229 e. The third-order valence-corrected chi connectivity index (χ3v) is 4.34. The van der Waals surface area contributed by atoms with Crippen LogP contribution in [0.25, 0.3) is 0 Å². The molecule has 2 aromatic carbocycles. The Morgan fingerprint density at radius 2 is 1.92 bits per heavy atom. The Balaban J connectivity index is 1.75. The van der Waals surface area contributed by atoms with Gasteiger partial charge in [-0.25, -0.2) is 8.78 Å². The molecule has 6 heteroatoms. The number of hydrogen-bond acceptors (Lipinski definition) is 2. The summed E-state index contributed by atoms with van der Waals surface area (Å²) >= 11 is 0. The predicted molar refractivity (Wildman–Crippen MR) is 91.4 cm³/mol. The largest absolute Gasteiger partial charge is 0.323 e. The summed E-state index contributed by atoms with van der Waals surface area (Å²) in [5, 5.41) is 2.44.